The highest BCUT2D eigenvalue weighted by Gasteiger charge is 2.10. The monoisotopic (exact) mass is 229 g/mol. The molecule has 0 aliphatic heterocycles. The van der Waals surface area contributed by atoms with E-state index in [0.717, 1.165) is 16.9 Å². The van der Waals surface area contributed by atoms with E-state index in [9.17, 15) is 5.11 Å². The van der Waals surface area contributed by atoms with E-state index >= 15 is 0 Å². The number of hydrogen-bond acceptors (Lipinski definition) is 3. The van der Waals surface area contributed by atoms with Crippen LogP contribution in [0, 0.1) is 6.92 Å². The van der Waals surface area contributed by atoms with Crippen molar-refractivity contribution in [2.75, 3.05) is 12.8 Å². The molecule has 17 heavy (non-hydrogen) atoms. The molecule has 0 radical (unpaired) electrons. The van der Waals surface area contributed by atoms with Gasteiger partial charge in [-0.2, -0.15) is 0 Å². The standard InChI is InChI=1S/C14H15NO2/c1-9-3-6-14(17-2)12(7-9)11-8-10(15)4-5-13(11)16/h3-8,16H,15H2,1-2H3. The van der Waals surface area contributed by atoms with E-state index in [0.29, 0.717) is 11.3 Å². The fourth-order valence-electron chi connectivity index (χ4n) is 1.80. The van der Waals surface area contributed by atoms with Crippen molar-refractivity contribution in [3.63, 3.8) is 0 Å². The fourth-order valence-corrected chi connectivity index (χ4v) is 1.80. The predicted octanol–water partition coefficient (Wildman–Crippen LogP) is 2.96. The number of nitrogen functional groups attached to an aromatic ring is 1. The summed E-state index contributed by atoms with van der Waals surface area (Å²) in [4.78, 5) is 0. The highest BCUT2D eigenvalue weighted by atomic mass is 16.5. The molecule has 2 aromatic rings. The minimum atomic E-state index is 0.197. The van der Waals surface area contributed by atoms with Crippen LogP contribution in [0.15, 0.2) is 36.4 Å². The quantitative estimate of drug-likeness (QED) is 0.615. The number of benzene rings is 2. The number of aromatic hydroxyl groups is 1. The Balaban J connectivity index is 2.66. The van der Waals surface area contributed by atoms with Crippen LogP contribution in [0.5, 0.6) is 11.5 Å². The zero-order chi connectivity index (χ0) is 12.4. The molecule has 0 aromatic heterocycles. The molecular weight excluding hydrogens is 214 g/mol. The second-order valence-electron chi connectivity index (χ2n) is 3.98. The molecule has 0 aliphatic rings. The average Bonchev–Trinajstić information content (AvgIpc) is 2.32. The molecule has 0 aliphatic carbocycles. The topological polar surface area (TPSA) is 55.5 Å². The summed E-state index contributed by atoms with van der Waals surface area (Å²) < 4.78 is 5.30. The lowest BCUT2D eigenvalue weighted by Crippen LogP contribution is -1.91. The second-order valence-corrected chi connectivity index (χ2v) is 3.98. The van der Waals surface area contributed by atoms with Crippen LogP contribution >= 0.6 is 0 Å². The van der Waals surface area contributed by atoms with Crippen LogP contribution in [0.4, 0.5) is 5.69 Å². The third kappa shape index (κ3) is 2.18. The first-order chi connectivity index (χ1) is 8.11. The van der Waals surface area contributed by atoms with Gasteiger partial charge in [-0.25, -0.2) is 0 Å². The highest BCUT2D eigenvalue weighted by Crippen LogP contribution is 2.37. The molecule has 0 spiro atoms. The normalized spacial score (nSPS) is 10.2. The van der Waals surface area contributed by atoms with Crippen LogP contribution in [0.3, 0.4) is 0 Å². The molecule has 0 bridgehead atoms. The summed E-state index contributed by atoms with van der Waals surface area (Å²) in [5.41, 5.74) is 8.98. The van der Waals surface area contributed by atoms with Crippen LogP contribution in [-0.2, 0) is 0 Å². The molecule has 0 unspecified atom stereocenters. The smallest absolute Gasteiger partial charge is 0.126 e. The first-order valence-electron chi connectivity index (χ1n) is 5.35. The minimum absolute atomic E-state index is 0.197. The van der Waals surface area contributed by atoms with Gasteiger partial charge in [0, 0.05) is 16.8 Å². The molecular formula is C14H15NO2. The molecule has 3 N–H and O–H groups in total. The third-order valence-corrected chi connectivity index (χ3v) is 2.67. The lowest BCUT2D eigenvalue weighted by atomic mass is 10.0. The maximum atomic E-state index is 9.89. The number of phenols is 1. The van der Waals surface area contributed by atoms with Gasteiger partial charge in [0.15, 0.2) is 0 Å². The number of phenolic OH excluding ortho intramolecular Hbond substituents is 1. The van der Waals surface area contributed by atoms with E-state index in [1.54, 1.807) is 25.3 Å². The van der Waals surface area contributed by atoms with Crippen molar-refractivity contribution < 1.29 is 9.84 Å². The summed E-state index contributed by atoms with van der Waals surface area (Å²) in [7, 11) is 1.61. The van der Waals surface area contributed by atoms with Crippen LogP contribution in [-0.4, -0.2) is 12.2 Å². The Bertz CT molecular complexity index is 550. The van der Waals surface area contributed by atoms with Gasteiger partial charge >= 0.3 is 0 Å². The van der Waals surface area contributed by atoms with E-state index in [4.69, 9.17) is 10.5 Å². The van der Waals surface area contributed by atoms with E-state index < -0.39 is 0 Å². The Morgan fingerprint density at radius 1 is 1.06 bits per heavy atom. The van der Waals surface area contributed by atoms with E-state index in [1.165, 1.54) is 0 Å². The van der Waals surface area contributed by atoms with Crippen LogP contribution in [0.25, 0.3) is 11.1 Å². The molecule has 3 nitrogen and oxygen atoms in total. The minimum Gasteiger partial charge on any atom is -0.507 e. The van der Waals surface area contributed by atoms with Crippen molar-refractivity contribution in [3.8, 4) is 22.6 Å². The summed E-state index contributed by atoms with van der Waals surface area (Å²) in [6.07, 6.45) is 0. The molecule has 0 atom stereocenters. The maximum absolute atomic E-state index is 9.89. The summed E-state index contributed by atoms with van der Waals surface area (Å²) >= 11 is 0. The molecule has 3 heteroatoms. The Kier molecular flexibility index (Phi) is 2.91. The Hall–Kier alpha value is -2.16. The van der Waals surface area contributed by atoms with Crippen LogP contribution in [0.2, 0.25) is 0 Å². The van der Waals surface area contributed by atoms with Crippen LogP contribution in [0.1, 0.15) is 5.56 Å². The van der Waals surface area contributed by atoms with Gasteiger partial charge in [0.05, 0.1) is 7.11 Å². The lowest BCUT2D eigenvalue weighted by Gasteiger charge is -2.11. The fraction of sp³-hybridized carbons (Fsp3) is 0.143. The Morgan fingerprint density at radius 2 is 1.82 bits per heavy atom. The Labute approximate surface area is 100 Å². The van der Waals surface area contributed by atoms with Crippen molar-refractivity contribution in [1.82, 2.24) is 0 Å². The van der Waals surface area contributed by atoms with Gasteiger partial charge in [-0.1, -0.05) is 11.6 Å². The third-order valence-electron chi connectivity index (χ3n) is 2.67. The van der Waals surface area contributed by atoms with Crippen LogP contribution < -0.4 is 10.5 Å². The van der Waals surface area contributed by atoms with Crippen molar-refractivity contribution in [3.05, 3.63) is 42.0 Å². The zero-order valence-corrected chi connectivity index (χ0v) is 9.90. The number of methoxy groups -OCH3 is 1. The summed E-state index contributed by atoms with van der Waals surface area (Å²) in [5, 5.41) is 9.89. The summed E-state index contributed by atoms with van der Waals surface area (Å²) in [5.74, 6) is 0.916. The molecule has 0 fully saturated rings. The second kappa shape index (κ2) is 4.37. The van der Waals surface area contributed by atoms with Gasteiger partial charge in [-0.05, 0) is 37.3 Å². The van der Waals surface area contributed by atoms with E-state index in [1.807, 2.05) is 25.1 Å². The van der Waals surface area contributed by atoms with E-state index in [2.05, 4.69) is 0 Å². The number of aryl methyl sites for hydroxylation is 1. The van der Waals surface area contributed by atoms with Gasteiger partial charge in [-0.3, -0.25) is 0 Å². The molecule has 0 saturated heterocycles. The molecule has 2 aromatic carbocycles. The number of rotatable bonds is 2. The zero-order valence-electron chi connectivity index (χ0n) is 9.90. The predicted molar refractivity (Wildman–Crippen MR) is 69.2 cm³/mol. The lowest BCUT2D eigenvalue weighted by molar-refractivity contribution is 0.415. The summed E-state index contributed by atoms with van der Waals surface area (Å²) in [6.45, 7) is 1.99. The number of hydrogen-bond donors (Lipinski definition) is 2. The highest BCUT2D eigenvalue weighted by molar-refractivity contribution is 5.78. The van der Waals surface area contributed by atoms with Gasteiger partial charge < -0.3 is 15.6 Å². The Morgan fingerprint density at radius 3 is 2.53 bits per heavy atom. The maximum Gasteiger partial charge on any atom is 0.126 e. The summed E-state index contributed by atoms with van der Waals surface area (Å²) in [6, 6.07) is 10.8. The van der Waals surface area contributed by atoms with Crippen molar-refractivity contribution in [2.24, 2.45) is 0 Å². The van der Waals surface area contributed by atoms with Crippen molar-refractivity contribution in [2.45, 2.75) is 6.92 Å². The molecule has 0 saturated carbocycles. The molecule has 0 heterocycles. The first-order valence-corrected chi connectivity index (χ1v) is 5.35. The van der Waals surface area contributed by atoms with Gasteiger partial charge in [-0.15, -0.1) is 0 Å². The number of ether oxygens (including phenoxy) is 1. The van der Waals surface area contributed by atoms with Crippen molar-refractivity contribution >= 4 is 5.69 Å². The molecule has 88 valence electrons. The van der Waals surface area contributed by atoms with Gasteiger partial charge in [0.2, 0.25) is 0 Å². The largest absolute Gasteiger partial charge is 0.507 e. The SMILES string of the molecule is COc1ccc(C)cc1-c1cc(N)ccc1O. The van der Waals surface area contributed by atoms with Gasteiger partial charge in [0.1, 0.15) is 11.5 Å². The van der Waals surface area contributed by atoms with E-state index in [-0.39, 0.29) is 5.75 Å². The van der Waals surface area contributed by atoms with Crippen molar-refractivity contribution in [1.29, 1.82) is 0 Å². The number of nitrogens with two attached hydrogens (primary N) is 1. The average molecular weight is 229 g/mol. The van der Waals surface area contributed by atoms with Gasteiger partial charge in [0.25, 0.3) is 0 Å². The number of anilines is 1. The molecule has 2 rings (SSSR count). The molecule has 0 amide bonds. The first kappa shape index (κ1) is 11.3.